The summed E-state index contributed by atoms with van der Waals surface area (Å²) in [7, 11) is 0. The summed E-state index contributed by atoms with van der Waals surface area (Å²) in [6.07, 6.45) is 4.27. The zero-order valence-corrected chi connectivity index (χ0v) is 13.5. The van der Waals surface area contributed by atoms with Gasteiger partial charge < -0.3 is 15.5 Å². The van der Waals surface area contributed by atoms with Crippen molar-refractivity contribution in [2.45, 2.75) is 6.54 Å². The third-order valence-corrected chi connectivity index (χ3v) is 3.46. The summed E-state index contributed by atoms with van der Waals surface area (Å²) < 4.78 is 18.0. The van der Waals surface area contributed by atoms with Crippen LogP contribution in [0.2, 0.25) is 0 Å². The Morgan fingerprint density at radius 3 is 2.69 bits per heavy atom. The van der Waals surface area contributed by atoms with E-state index in [2.05, 4.69) is 20.6 Å². The number of nitrogens with one attached hydrogen (secondary N) is 3. The maximum absolute atomic E-state index is 13.0. The van der Waals surface area contributed by atoms with Gasteiger partial charge in [0.05, 0.1) is 18.5 Å². The fraction of sp³-hybridized carbons (Fsp3) is 0.0588. The van der Waals surface area contributed by atoms with Gasteiger partial charge in [0.25, 0.3) is 0 Å². The van der Waals surface area contributed by atoms with Gasteiger partial charge in [-0.15, -0.1) is 0 Å². The van der Waals surface area contributed by atoms with E-state index in [1.807, 2.05) is 0 Å². The van der Waals surface area contributed by atoms with Crippen LogP contribution in [-0.4, -0.2) is 21.7 Å². The number of nitrogen functional groups attached to an aromatic ring is 1. The van der Waals surface area contributed by atoms with Crippen LogP contribution in [0, 0.1) is 11.2 Å². The molecule has 2 heterocycles. The molecular formula is C17H15FN6O2. The number of carbonyl (C=O) groups excluding carboxylic acids is 1. The van der Waals surface area contributed by atoms with Crippen molar-refractivity contribution in [2.75, 3.05) is 11.1 Å². The lowest BCUT2D eigenvalue weighted by molar-refractivity contribution is 0.250. The molecule has 9 heteroatoms. The van der Waals surface area contributed by atoms with Crippen LogP contribution in [0.25, 0.3) is 0 Å². The second-order valence-electron chi connectivity index (χ2n) is 5.27. The molecule has 3 rings (SSSR count). The molecule has 0 saturated heterocycles. The minimum atomic E-state index is -0.503. The number of pyridine rings is 1. The van der Waals surface area contributed by atoms with Gasteiger partial charge >= 0.3 is 6.03 Å². The number of anilines is 2. The number of urea groups is 1. The van der Waals surface area contributed by atoms with Crippen LogP contribution in [0.5, 0.6) is 0 Å². The molecule has 8 nitrogen and oxygen atoms in total. The molecule has 2 amide bonds. The topological polar surface area (TPSA) is 130 Å². The number of oxazole rings is 1. The van der Waals surface area contributed by atoms with Crippen molar-refractivity contribution in [2.24, 2.45) is 0 Å². The first-order valence-corrected chi connectivity index (χ1v) is 7.56. The first-order valence-electron chi connectivity index (χ1n) is 7.56. The highest BCUT2D eigenvalue weighted by atomic mass is 19.1. The average molecular weight is 354 g/mol. The van der Waals surface area contributed by atoms with Gasteiger partial charge in [0.15, 0.2) is 0 Å². The van der Waals surface area contributed by atoms with Crippen LogP contribution in [0.4, 0.5) is 20.7 Å². The number of hydrogen-bond acceptors (Lipinski definition) is 6. The number of benzene rings is 1. The molecule has 0 bridgehead atoms. The van der Waals surface area contributed by atoms with Crippen LogP contribution in [0.1, 0.15) is 17.0 Å². The van der Waals surface area contributed by atoms with Gasteiger partial charge in [-0.3, -0.25) is 10.7 Å². The number of amides is 2. The Morgan fingerprint density at radius 2 is 2.04 bits per heavy atom. The predicted octanol–water partition coefficient (Wildman–Crippen LogP) is 2.53. The van der Waals surface area contributed by atoms with Crippen LogP contribution in [0.3, 0.4) is 0 Å². The summed E-state index contributed by atoms with van der Waals surface area (Å²) in [4.78, 5) is 19.8. The molecule has 0 radical (unpaired) electrons. The summed E-state index contributed by atoms with van der Waals surface area (Å²) in [6, 6.07) is 6.44. The molecule has 0 aliphatic rings. The van der Waals surface area contributed by atoms with Crippen LogP contribution < -0.4 is 16.4 Å². The highest BCUT2D eigenvalue weighted by Crippen LogP contribution is 2.19. The highest BCUT2D eigenvalue weighted by molar-refractivity contribution is 6.13. The Hall–Kier alpha value is -3.75. The minimum absolute atomic E-state index is 0.106. The number of nitrogens with two attached hydrogens (primary N) is 1. The standard InChI is InChI=1S/C17H15FN6O2/c18-11-3-1-10(2-4-11)16(20)12-8-22-14(7-13(12)19)24-17(25)23-9-15-21-5-6-26-15/h1-8,20H,9H2,(H4,19,22,23,24,25). The Labute approximate surface area is 147 Å². The molecule has 1 aromatic carbocycles. The van der Waals surface area contributed by atoms with Crippen molar-refractivity contribution in [1.29, 1.82) is 5.41 Å². The normalized spacial score (nSPS) is 10.3. The summed E-state index contributed by atoms with van der Waals surface area (Å²) in [6.45, 7) is 0.127. The van der Waals surface area contributed by atoms with Crippen LogP contribution >= 0.6 is 0 Å². The molecule has 3 aromatic rings. The minimum Gasteiger partial charge on any atom is -0.447 e. The van der Waals surface area contributed by atoms with E-state index in [0.717, 1.165) is 0 Å². The molecule has 132 valence electrons. The van der Waals surface area contributed by atoms with Crippen molar-refractivity contribution >= 4 is 23.2 Å². The fourth-order valence-electron chi connectivity index (χ4n) is 2.18. The maximum atomic E-state index is 13.0. The van der Waals surface area contributed by atoms with Crippen molar-refractivity contribution in [3.05, 3.63) is 71.8 Å². The van der Waals surface area contributed by atoms with E-state index in [1.165, 1.54) is 49.0 Å². The van der Waals surface area contributed by atoms with Crippen molar-refractivity contribution in [3.8, 4) is 0 Å². The lowest BCUT2D eigenvalue weighted by Gasteiger charge is -2.10. The number of nitrogens with zero attached hydrogens (tertiary/aromatic N) is 2. The quantitative estimate of drug-likeness (QED) is 0.523. The Bertz CT molecular complexity index is 925. The molecule has 0 saturated carbocycles. The third-order valence-electron chi connectivity index (χ3n) is 3.46. The summed E-state index contributed by atoms with van der Waals surface area (Å²) in [5.74, 6) is 0.210. The fourth-order valence-corrected chi connectivity index (χ4v) is 2.18. The van der Waals surface area contributed by atoms with E-state index in [1.54, 1.807) is 0 Å². The molecule has 0 fully saturated rings. The smallest absolute Gasteiger partial charge is 0.320 e. The van der Waals surface area contributed by atoms with Gasteiger partial charge in [-0.2, -0.15) is 0 Å². The number of halogens is 1. The first-order chi connectivity index (χ1) is 12.5. The van der Waals surface area contributed by atoms with Crippen LogP contribution in [0.15, 0.2) is 53.4 Å². The largest absolute Gasteiger partial charge is 0.447 e. The second-order valence-corrected chi connectivity index (χ2v) is 5.27. The molecule has 0 aliphatic heterocycles. The number of aromatic nitrogens is 2. The van der Waals surface area contributed by atoms with Crippen molar-refractivity contribution < 1.29 is 13.6 Å². The average Bonchev–Trinajstić information content (AvgIpc) is 3.14. The third kappa shape index (κ3) is 4.01. The lowest BCUT2D eigenvalue weighted by atomic mass is 10.0. The van der Waals surface area contributed by atoms with Crippen molar-refractivity contribution in [3.63, 3.8) is 0 Å². The zero-order chi connectivity index (χ0) is 18.5. The molecule has 0 aliphatic carbocycles. The summed E-state index contributed by atoms with van der Waals surface area (Å²) in [5, 5.41) is 13.3. The Kier molecular flexibility index (Phi) is 4.88. The Balaban J connectivity index is 1.66. The highest BCUT2D eigenvalue weighted by Gasteiger charge is 2.12. The van der Waals surface area contributed by atoms with Crippen molar-refractivity contribution in [1.82, 2.24) is 15.3 Å². The molecule has 5 N–H and O–H groups in total. The van der Waals surface area contributed by atoms with E-state index in [9.17, 15) is 9.18 Å². The maximum Gasteiger partial charge on any atom is 0.320 e. The zero-order valence-electron chi connectivity index (χ0n) is 13.5. The summed E-state index contributed by atoms with van der Waals surface area (Å²) in [5.41, 5.74) is 7.21. The molecule has 0 unspecified atom stereocenters. The van der Waals surface area contributed by atoms with Gasteiger partial charge in [-0.25, -0.2) is 19.2 Å². The predicted molar refractivity (Wildman–Crippen MR) is 93.3 cm³/mol. The first kappa shape index (κ1) is 17.1. The SMILES string of the molecule is N=C(c1ccc(F)cc1)c1cnc(NC(=O)NCc2ncco2)cc1N. The molecule has 0 atom stereocenters. The van der Waals surface area contributed by atoms with E-state index in [4.69, 9.17) is 15.6 Å². The monoisotopic (exact) mass is 354 g/mol. The van der Waals surface area contributed by atoms with E-state index in [0.29, 0.717) is 17.0 Å². The molecule has 0 spiro atoms. The Morgan fingerprint density at radius 1 is 1.27 bits per heavy atom. The van der Waals surface area contributed by atoms with Gasteiger partial charge in [-0.1, -0.05) is 0 Å². The van der Waals surface area contributed by atoms with Gasteiger partial charge in [-0.05, 0) is 24.3 Å². The van der Waals surface area contributed by atoms with E-state index in [-0.39, 0.29) is 29.6 Å². The molecule has 2 aromatic heterocycles. The van der Waals surface area contributed by atoms with Gasteiger partial charge in [0, 0.05) is 29.1 Å². The van der Waals surface area contributed by atoms with Gasteiger partial charge in [0.1, 0.15) is 17.9 Å². The van der Waals surface area contributed by atoms with Gasteiger partial charge in [0.2, 0.25) is 5.89 Å². The number of hydrogen-bond donors (Lipinski definition) is 4. The lowest BCUT2D eigenvalue weighted by Crippen LogP contribution is -2.28. The molecular weight excluding hydrogens is 339 g/mol. The van der Waals surface area contributed by atoms with E-state index < -0.39 is 6.03 Å². The molecule has 26 heavy (non-hydrogen) atoms. The van der Waals surface area contributed by atoms with Crippen LogP contribution in [-0.2, 0) is 6.54 Å². The summed E-state index contributed by atoms with van der Waals surface area (Å²) >= 11 is 0. The number of carbonyl (C=O) groups is 1. The number of rotatable bonds is 5. The second kappa shape index (κ2) is 7.43. The van der Waals surface area contributed by atoms with E-state index >= 15 is 0 Å².